The molecule has 0 heterocycles. The molecule has 2 heteroatoms. The molecule has 0 fully saturated rings. The first-order valence-electron chi connectivity index (χ1n) is 11.1. The molecule has 0 bridgehead atoms. The zero-order chi connectivity index (χ0) is 19.8. The van der Waals surface area contributed by atoms with Gasteiger partial charge in [0.1, 0.15) is 0 Å². The van der Waals surface area contributed by atoms with Crippen molar-refractivity contribution in [3.8, 4) is 0 Å². The van der Waals surface area contributed by atoms with Crippen LogP contribution in [0, 0.1) is 0 Å². The van der Waals surface area contributed by atoms with Gasteiger partial charge in [0.25, 0.3) is 0 Å². The van der Waals surface area contributed by atoms with Crippen molar-refractivity contribution in [3.05, 3.63) is 48.6 Å². The Balaban J connectivity index is 3.44. The maximum atomic E-state index is 11.5. The molecule has 0 amide bonds. The van der Waals surface area contributed by atoms with Gasteiger partial charge in [-0.05, 0) is 51.4 Å². The molecule has 0 atom stereocenters. The van der Waals surface area contributed by atoms with Crippen molar-refractivity contribution in [2.75, 3.05) is 6.61 Å². The third-order valence-electron chi connectivity index (χ3n) is 4.22. The molecule has 0 rings (SSSR count). The van der Waals surface area contributed by atoms with Crippen LogP contribution in [0.2, 0.25) is 0 Å². The molecule has 0 saturated heterocycles. The Morgan fingerprint density at radius 1 is 0.630 bits per heavy atom. The van der Waals surface area contributed by atoms with Crippen LogP contribution in [0.25, 0.3) is 0 Å². The summed E-state index contributed by atoms with van der Waals surface area (Å²) >= 11 is 0. The predicted octanol–water partition coefficient (Wildman–Crippen LogP) is 7.87. The van der Waals surface area contributed by atoms with Crippen molar-refractivity contribution in [1.29, 1.82) is 0 Å². The first-order valence-corrected chi connectivity index (χ1v) is 11.1. The summed E-state index contributed by atoms with van der Waals surface area (Å²) in [6.45, 7) is 4.97. The largest absolute Gasteiger partial charge is 0.466 e. The van der Waals surface area contributed by atoms with E-state index < -0.39 is 0 Å². The van der Waals surface area contributed by atoms with Gasteiger partial charge in [-0.3, -0.25) is 4.79 Å². The normalized spacial score (nSPS) is 12.2. The first kappa shape index (κ1) is 25.4. The molecule has 27 heavy (non-hydrogen) atoms. The summed E-state index contributed by atoms with van der Waals surface area (Å²) in [5.41, 5.74) is 0. The van der Waals surface area contributed by atoms with Crippen molar-refractivity contribution in [2.24, 2.45) is 0 Å². The van der Waals surface area contributed by atoms with Crippen LogP contribution < -0.4 is 0 Å². The minimum atomic E-state index is -0.0537. The number of esters is 1. The number of unbranched alkanes of at least 4 members (excludes halogenated alkanes) is 6. The fourth-order valence-electron chi connectivity index (χ4n) is 2.54. The Morgan fingerprint density at radius 2 is 1.11 bits per heavy atom. The van der Waals surface area contributed by atoms with Crippen molar-refractivity contribution in [3.63, 3.8) is 0 Å². The van der Waals surface area contributed by atoms with E-state index in [4.69, 9.17) is 4.74 Å². The number of ether oxygens (including phenoxy) is 1. The molecule has 0 spiro atoms. The quantitative estimate of drug-likeness (QED) is 0.139. The minimum absolute atomic E-state index is 0.0537. The Kier molecular flexibility index (Phi) is 21.2. The van der Waals surface area contributed by atoms with Crippen LogP contribution >= 0.6 is 0 Å². The standard InChI is InChI=1S/C25H42O2/c1-3-5-7-8-9-10-11-12-13-14-15-16-17-18-19-20-21-23-25(26)27-24-22-6-4-2/h9-10,12-13,15-16,18-19H,3-8,11,14,17,20-24H2,1-2H3. The average Bonchev–Trinajstić information content (AvgIpc) is 2.67. The smallest absolute Gasteiger partial charge is 0.305 e. The Bertz CT molecular complexity index is 430. The van der Waals surface area contributed by atoms with E-state index >= 15 is 0 Å². The van der Waals surface area contributed by atoms with Crippen LogP contribution in [-0.2, 0) is 9.53 Å². The molecule has 2 nitrogen and oxygen atoms in total. The molecule has 0 aromatic rings. The van der Waals surface area contributed by atoms with Gasteiger partial charge >= 0.3 is 5.97 Å². The van der Waals surface area contributed by atoms with Crippen molar-refractivity contribution in [1.82, 2.24) is 0 Å². The van der Waals surface area contributed by atoms with E-state index in [2.05, 4.69) is 62.5 Å². The SMILES string of the molecule is CCCCCC=CCC=CCC=CCC=CCCCC(=O)OCCCCC. The summed E-state index contributed by atoms with van der Waals surface area (Å²) in [5.74, 6) is -0.0537. The maximum absolute atomic E-state index is 11.5. The van der Waals surface area contributed by atoms with Gasteiger partial charge in [0, 0.05) is 6.42 Å². The van der Waals surface area contributed by atoms with Crippen molar-refractivity contribution in [2.45, 2.75) is 97.3 Å². The van der Waals surface area contributed by atoms with Gasteiger partial charge in [-0.25, -0.2) is 0 Å². The Labute approximate surface area is 168 Å². The number of rotatable bonds is 18. The third kappa shape index (κ3) is 22.4. The van der Waals surface area contributed by atoms with E-state index in [0.717, 1.165) is 51.4 Å². The van der Waals surface area contributed by atoms with E-state index in [1.165, 1.54) is 25.7 Å². The van der Waals surface area contributed by atoms with Crippen LogP contribution in [0.4, 0.5) is 0 Å². The molecule has 0 aromatic heterocycles. The highest BCUT2D eigenvalue weighted by Crippen LogP contribution is 2.03. The molecule has 0 aliphatic carbocycles. The Morgan fingerprint density at radius 3 is 1.67 bits per heavy atom. The molecular formula is C25H42O2. The fraction of sp³-hybridized carbons (Fsp3) is 0.640. The highest BCUT2D eigenvalue weighted by molar-refractivity contribution is 5.69. The fourth-order valence-corrected chi connectivity index (χ4v) is 2.54. The van der Waals surface area contributed by atoms with E-state index in [-0.39, 0.29) is 5.97 Å². The molecule has 0 radical (unpaired) electrons. The molecule has 0 aliphatic rings. The van der Waals surface area contributed by atoms with E-state index in [0.29, 0.717) is 13.0 Å². The van der Waals surface area contributed by atoms with Crippen LogP contribution in [0.15, 0.2) is 48.6 Å². The van der Waals surface area contributed by atoms with Gasteiger partial charge in [-0.1, -0.05) is 88.1 Å². The zero-order valence-electron chi connectivity index (χ0n) is 17.8. The number of allylic oxidation sites excluding steroid dienone is 8. The van der Waals surface area contributed by atoms with E-state index in [9.17, 15) is 4.79 Å². The number of hydrogen-bond acceptors (Lipinski definition) is 2. The molecule has 0 unspecified atom stereocenters. The maximum Gasteiger partial charge on any atom is 0.305 e. The van der Waals surface area contributed by atoms with Gasteiger partial charge < -0.3 is 4.74 Å². The second-order valence-corrected chi connectivity index (χ2v) is 6.91. The van der Waals surface area contributed by atoms with Gasteiger partial charge in [0.2, 0.25) is 0 Å². The zero-order valence-corrected chi connectivity index (χ0v) is 17.8. The van der Waals surface area contributed by atoms with Gasteiger partial charge in [0.05, 0.1) is 6.61 Å². The molecule has 0 aliphatic heterocycles. The summed E-state index contributed by atoms with van der Waals surface area (Å²) < 4.78 is 5.19. The average molecular weight is 375 g/mol. The second kappa shape index (κ2) is 22.5. The summed E-state index contributed by atoms with van der Waals surface area (Å²) in [7, 11) is 0. The molecular weight excluding hydrogens is 332 g/mol. The monoisotopic (exact) mass is 374 g/mol. The number of carbonyl (C=O) groups is 1. The van der Waals surface area contributed by atoms with Crippen LogP contribution in [0.3, 0.4) is 0 Å². The lowest BCUT2D eigenvalue weighted by Crippen LogP contribution is -2.05. The lowest BCUT2D eigenvalue weighted by molar-refractivity contribution is -0.143. The van der Waals surface area contributed by atoms with E-state index in [1.54, 1.807) is 0 Å². The predicted molar refractivity (Wildman–Crippen MR) is 119 cm³/mol. The first-order chi connectivity index (χ1) is 13.3. The lowest BCUT2D eigenvalue weighted by Gasteiger charge is -2.03. The van der Waals surface area contributed by atoms with Gasteiger partial charge in [-0.15, -0.1) is 0 Å². The summed E-state index contributed by atoms with van der Waals surface area (Å²) in [6.07, 6.45) is 31.6. The molecule has 154 valence electrons. The minimum Gasteiger partial charge on any atom is -0.466 e. The summed E-state index contributed by atoms with van der Waals surface area (Å²) in [5, 5.41) is 0. The van der Waals surface area contributed by atoms with Gasteiger partial charge in [-0.2, -0.15) is 0 Å². The van der Waals surface area contributed by atoms with Crippen LogP contribution in [0.5, 0.6) is 0 Å². The summed E-state index contributed by atoms with van der Waals surface area (Å²) in [4.78, 5) is 11.5. The molecule has 0 N–H and O–H groups in total. The summed E-state index contributed by atoms with van der Waals surface area (Å²) in [6, 6.07) is 0. The number of carbonyl (C=O) groups excluding carboxylic acids is 1. The highest BCUT2D eigenvalue weighted by atomic mass is 16.5. The highest BCUT2D eigenvalue weighted by Gasteiger charge is 2.00. The lowest BCUT2D eigenvalue weighted by atomic mass is 10.2. The Hall–Kier alpha value is -1.57. The van der Waals surface area contributed by atoms with Crippen molar-refractivity contribution < 1.29 is 9.53 Å². The topological polar surface area (TPSA) is 26.3 Å². The van der Waals surface area contributed by atoms with Crippen LogP contribution in [-0.4, -0.2) is 12.6 Å². The molecule has 0 saturated carbocycles. The number of hydrogen-bond donors (Lipinski definition) is 0. The second-order valence-electron chi connectivity index (χ2n) is 6.91. The molecule has 0 aromatic carbocycles. The van der Waals surface area contributed by atoms with E-state index in [1.807, 2.05) is 0 Å². The third-order valence-corrected chi connectivity index (χ3v) is 4.22. The van der Waals surface area contributed by atoms with Gasteiger partial charge in [0.15, 0.2) is 0 Å². The van der Waals surface area contributed by atoms with Crippen molar-refractivity contribution >= 4 is 5.97 Å². The van der Waals surface area contributed by atoms with Crippen LogP contribution in [0.1, 0.15) is 97.3 Å².